The maximum absolute atomic E-state index is 10.8. The van der Waals surface area contributed by atoms with Crippen molar-refractivity contribution in [3.8, 4) is 0 Å². The van der Waals surface area contributed by atoms with Gasteiger partial charge in [0, 0.05) is 11.8 Å². The van der Waals surface area contributed by atoms with Gasteiger partial charge in [0.05, 0.1) is 11.5 Å². The predicted octanol–water partition coefficient (Wildman–Crippen LogP) is -0.540. The number of halogens is 1. The van der Waals surface area contributed by atoms with E-state index in [9.17, 15) is 25.4 Å². The van der Waals surface area contributed by atoms with Gasteiger partial charge in [0.2, 0.25) is 0 Å². The zero-order valence-corrected chi connectivity index (χ0v) is 11.9. The molecule has 9 nitrogen and oxygen atoms in total. The molecule has 122 valence electrons. The molecular formula is C12H15ClN2O7. The first-order valence-electron chi connectivity index (χ1n) is 6.36. The Balaban J connectivity index is 2.19. The molecule has 2 rings (SSSR count). The number of hydrogen-bond donors (Lipinski definition) is 5. The molecule has 0 bridgehead atoms. The van der Waals surface area contributed by atoms with Gasteiger partial charge in [-0.25, -0.2) is 0 Å². The summed E-state index contributed by atoms with van der Waals surface area (Å²) in [6.07, 6.45) is -6.75. The molecule has 0 aliphatic carbocycles. The molecule has 1 aromatic rings. The van der Waals surface area contributed by atoms with Gasteiger partial charge in [-0.2, -0.15) is 0 Å². The normalized spacial score (nSPS) is 31.8. The van der Waals surface area contributed by atoms with Gasteiger partial charge in [-0.15, -0.1) is 0 Å². The molecule has 5 atom stereocenters. The monoisotopic (exact) mass is 334 g/mol. The van der Waals surface area contributed by atoms with Crippen molar-refractivity contribution < 1.29 is 30.1 Å². The second-order valence-corrected chi connectivity index (χ2v) is 5.22. The Morgan fingerprint density at radius 2 is 1.95 bits per heavy atom. The summed E-state index contributed by atoms with van der Waals surface area (Å²) in [6, 6.07) is 3.87. The average molecular weight is 335 g/mol. The molecule has 1 saturated heterocycles. The third kappa shape index (κ3) is 3.29. The quantitative estimate of drug-likeness (QED) is 0.364. The summed E-state index contributed by atoms with van der Waals surface area (Å²) >= 11 is 5.69. The Hall–Kier alpha value is -1.49. The Morgan fingerprint density at radius 3 is 2.55 bits per heavy atom. The van der Waals surface area contributed by atoms with Gasteiger partial charge in [-0.1, -0.05) is 11.6 Å². The third-order valence-corrected chi connectivity index (χ3v) is 3.66. The van der Waals surface area contributed by atoms with Crippen LogP contribution >= 0.6 is 11.6 Å². The minimum Gasteiger partial charge on any atom is -0.394 e. The minimum absolute atomic E-state index is 0.0515. The van der Waals surface area contributed by atoms with E-state index in [0.29, 0.717) is 0 Å². The first kappa shape index (κ1) is 16.9. The van der Waals surface area contributed by atoms with Crippen LogP contribution in [0.25, 0.3) is 0 Å². The van der Waals surface area contributed by atoms with Crippen molar-refractivity contribution in [3.05, 3.63) is 33.3 Å². The predicted molar refractivity (Wildman–Crippen MR) is 75.5 cm³/mol. The molecule has 0 spiro atoms. The first-order valence-corrected chi connectivity index (χ1v) is 6.74. The van der Waals surface area contributed by atoms with E-state index in [4.69, 9.17) is 21.4 Å². The van der Waals surface area contributed by atoms with Crippen LogP contribution in [0, 0.1) is 10.1 Å². The van der Waals surface area contributed by atoms with Crippen LogP contribution in [-0.2, 0) is 4.74 Å². The number of nitro benzene ring substituents is 1. The molecule has 0 radical (unpaired) electrons. The molecule has 1 aliphatic heterocycles. The van der Waals surface area contributed by atoms with Gasteiger partial charge in [-0.3, -0.25) is 10.1 Å². The van der Waals surface area contributed by atoms with Crippen molar-refractivity contribution in [2.45, 2.75) is 30.6 Å². The van der Waals surface area contributed by atoms with E-state index in [2.05, 4.69) is 5.32 Å². The van der Waals surface area contributed by atoms with Gasteiger partial charge >= 0.3 is 0 Å². The van der Waals surface area contributed by atoms with E-state index >= 15 is 0 Å². The lowest BCUT2D eigenvalue weighted by molar-refractivity contribution is -0.384. The van der Waals surface area contributed by atoms with Gasteiger partial charge in [0.25, 0.3) is 5.69 Å². The molecule has 22 heavy (non-hydrogen) atoms. The molecule has 1 heterocycles. The Labute approximate surface area is 129 Å². The largest absolute Gasteiger partial charge is 0.394 e. The average Bonchev–Trinajstić information content (AvgIpc) is 2.49. The van der Waals surface area contributed by atoms with Crippen molar-refractivity contribution in [2.24, 2.45) is 0 Å². The Bertz CT molecular complexity index is 556. The molecule has 1 aromatic carbocycles. The second kappa shape index (κ2) is 6.73. The highest BCUT2D eigenvalue weighted by Crippen LogP contribution is 2.29. The summed E-state index contributed by atoms with van der Waals surface area (Å²) in [6.45, 7) is -0.566. The number of anilines is 1. The fraction of sp³-hybridized carbons (Fsp3) is 0.500. The van der Waals surface area contributed by atoms with E-state index < -0.39 is 42.2 Å². The number of aliphatic hydroxyl groups excluding tert-OH is 4. The van der Waals surface area contributed by atoms with Crippen LogP contribution in [0.1, 0.15) is 0 Å². The van der Waals surface area contributed by atoms with Crippen molar-refractivity contribution in [1.82, 2.24) is 0 Å². The number of aliphatic hydroxyl groups is 4. The molecule has 0 amide bonds. The van der Waals surface area contributed by atoms with Crippen molar-refractivity contribution in [3.63, 3.8) is 0 Å². The molecule has 1 aliphatic rings. The van der Waals surface area contributed by atoms with Crippen molar-refractivity contribution in [1.29, 1.82) is 0 Å². The minimum atomic E-state index is -1.54. The second-order valence-electron chi connectivity index (χ2n) is 4.82. The number of hydrogen-bond acceptors (Lipinski definition) is 8. The summed E-state index contributed by atoms with van der Waals surface area (Å²) < 4.78 is 5.24. The fourth-order valence-electron chi connectivity index (χ4n) is 2.13. The molecule has 10 heteroatoms. The summed E-state index contributed by atoms with van der Waals surface area (Å²) in [4.78, 5) is 10.2. The van der Waals surface area contributed by atoms with Gasteiger partial charge in [0.1, 0.15) is 29.4 Å². The van der Waals surface area contributed by atoms with E-state index in [0.717, 1.165) is 6.07 Å². The maximum Gasteiger partial charge on any atom is 0.289 e. The van der Waals surface area contributed by atoms with E-state index in [1.54, 1.807) is 0 Å². The van der Waals surface area contributed by atoms with E-state index in [1.807, 2.05) is 0 Å². The molecule has 1 fully saturated rings. The van der Waals surface area contributed by atoms with Crippen LogP contribution in [0.5, 0.6) is 0 Å². The van der Waals surface area contributed by atoms with Gasteiger partial charge in [0.15, 0.2) is 6.23 Å². The number of nitrogens with zero attached hydrogens (tertiary/aromatic N) is 1. The summed E-state index contributed by atoms with van der Waals surface area (Å²) in [7, 11) is 0. The van der Waals surface area contributed by atoms with E-state index in [-0.39, 0.29) is 16.4 Å². The summed E-state index contributed by atoms with van der Waals surface area (Å²) in [5.74, 6) is 0. The lowest BCUT2D eigenvalue weighted by atomic mass is 9.98. The number of rotatable bonds is 4. The van der Waals surface area contributed by atoms with Crippen LogP contribution < -0.4 is 5.32 Å². The highest BCUT2D eigenvalue weighted by atomic mass is 35.5. The smallest absolute Gasteiger partial charge is 0.289 e. The van der Waals surface area contributed by atoms with Crippen molar-refractivity contribution >= 4 is 23.0 Å². The van der Waals surface area contributed by atoms with Crippen LogP contribution in [0.2, 0.25) is 5.02 Å². The Morgan fingerprint density at radius 1 is 1.27 bits per heavy atom. The zero-order valence-electron chi connectivity index (χ0n) is 11.2. The number of nitro groups is 1. The zero-order chi connectivity index (χ0) is 16.4. The van der Waals surface area contributed by atoms with Crippen LogP contribution in [-0.4, -0.2) is 62.6 Å². The highest BCUT2D eigenvalue weighted by molar-refractivity contribution is 6.32. The molecule has 0 unspecified atom stereocenters. The Kier molecular flexibility index (Phi) is 5.16. The topological polar surface area (TPSA) is 145 Å². The summed E-state index contributed by atoms with van der Waals surface area (Å²) in [5, 5.41) is 51.7. The third-order valence-electron chi connectivity index (χ3n) is 3.34. The maximum atomic E-state index is 10.8. The lowest BCUT2D eigenvalue weighted by Gasteiger charge is -2.40. The highest BCUT2D eigenvalue weighted by Gasteiger charge is 2.43. The van der Waals surface area contributed by atoms with Crippen LogP contribution in [0.4, 0.5) is 11.4 Å². The fourth-order valence-corrected chi connectivity index (χ4v) is 2.31. The standard InChI is InChI=1S/C12H15ClN2O7/c13-6-2-1-5(3-7(6)15(20)21)14-12-11(19)10(18)9(17)8(4-16)22-12/h1-3,8-12,14,16-19H,4H2/t8-,9+,10+,11+,12+/m0/s1. The van der Waals surface area contributed by atoms with Crippen molar-refractivity contribution in [2.75, 3.05) is 11.9 Å². The van der Waals surface area contributed by atoms with Gasteiger partial charge in [-0.05, 0) is 12.1 Å². The first-order chi connectivity index (χ1) is 10.3. The molecule has 0 saturated carbocycles. The number of nitrogens with one attached hydrogen (secondary N) is 1. The molecule has 0 aromatic heterocycles. The van der Waals surface area contributed by atoms with Crippen LogP contribution in [0.3, 0.4) is 0 Å². The number of benzene rings is 1. The SMILES string of the molecule is O=[N+]([O-])c1cc(N[C@@H]2O[C@@H](CO)[C@@H](O)[C@@H](O)[C@H]2O)ccc1Cl. The molecule has 5 N–H and O–H groups in total. The lowest BCUT2D eigenvalue weighted by Crippen LogP contribution is -2.60. The van der Waals surface area contributed by atoms with E-state index in [1.165, 1.54) is 12.1 Å². The van der Waals surface area contributed by atoms with Gasteiger partial charge < -0.3 is 30.5 Å². The molecular weight excluding hydrogens is 320 g/mol. The number of ether oxygens (including phenoxy) is 1. The van der Waals surface area contributed by atoms with Crippen LogP contribution in [0.15, 0.2) is 18.2 Å². The summed E-state index contributed by atoms with van der Waals surface area (Å²) in [5.41, 5.74) is -0.114.